The van der Waals surface area contributed by atoms with Gasteiger partial charge in [-0.2, -0.15) is 0 Å². The van der Waals surface area contributed by atoms with E-state index in [2.05, 4.69) is 24.6 Å². The molecule has 0 aliphatic carbocycles. The molecule has 0 fully saturated rings. The Morgan fingerprint density at radius 2 is 2.03 bits per heavy atom. The zero-order valence-corrected chi connectivity index (χ0v) is 19.8. The van der Waals surface area contributed by atoms with Crippen LogP contribution < -0.4 is 20.2 Å². The van der Waals surface area contributed by atoms with Crippen LogP contribution in [0, 0.1) is 5.92 Å². The zero-order valence-electron chi connectivity index (χ0n) is 19.8. The second kappa shape index (κ2) is 10.1. The van der Waals surface area contributed by atoms with Gasteiger partial charge in [-0.25, -0.2) is 15.0 Å². The van der Waals surface area contributed by atoms with Gasteiger partial charge in [-0.3, -0.25) is 5.01 Å². The smallest absolute Gasteiger partial charge is 0.423 e. The Balaban J connectivity index is 1.66. The Morgan fingerprint density at radius 1 is 1.27 bits per heavy atom. The van der Waals surface area contributed by atoms with E-state index < -0.39 is 17.8 Å². The van der Waals surface area contributed by atoms with Crippen LogP contribution >= 0.6 is 0 Å². The van der Waals surface area contributed by atoms with Gasteiger partial charge in [0.15, 0.2) is 0 Å². The van der Waals surface area contributed by atoms with Crippen molar-refractivity contribution < 1.29 is 28.9 Å². The first-order valence-corrected chi connectivity index (χ1v) is 11.1. The standard InChI is InChI=1S/C24H33N3O6/c1-15(2)10-17(25-23(30)33-24(3,4)5)14-31-18-6-7-19-20-12-27(26-22(28)29)9-8-16(20)13-32-21(19)11-18/h6-9,11,15,17,26H,10,12-14H2,1-5H3,(H,25,30)(H,28,29)/t17-/m0/s1. The van der Waals surface area contributed by atoms with Crippen LogP contribution in [-0.2, 0) is 4.74 Å². The number of carboxylic acid groups (broad SMARTS) is 1. The highest BCUT2D eigenvalue weighted by Gasteiger charge is 2.25. The minimum absolute atomic E-state index is 0.203. The van der Waals surface area contributed by atoms with Gasteiger partial charge in [-0.05, 0) is 62.5 Å². The molecule has 0 radical (unpaired) electrons. The van der Waals surface area contributed by atoms with Gasteiger partial charge in [-0.1, -0.05) is 13.8 Å². The van der Waals surface area contributed by atoms with Crippen molar-refractivity contribution >= 4 is 17.8 Å². The lowest BCUT2D eigenvalue weighted by atomic mass is 9.95. The maximum absolute atomic E-state index is 12.2. The van der Waals surface area contributed by atoms with E-state index in [1.54, 1.807) is 6.20 Å². The van der Waals surface area contributed by atoms with Crippen molar-refractivity contribution in [2.75, 3.05) is 19.8 Å². The number of hydrogen-bond acceptors (Lipinski definition) is 6. The summed E-state index contributed by atoms with van der Waals surface area (Å²) in [4.78, 5) is 23.2. The molecule has 2 aliphatic heterocycles. The van der Waals surface area contributed by atoms with Crippen LogP contribution in [0.4, 0.5) is 9.59 Å². The maximum Gasteiger partial charge on any atom is 0.423 e. The summed E-state index contributed by atoms with van der Waals surface area (Å²) in [5.74, 6) is 1.68. The fraction of sp³-hybridized carbons (Fsp3) is 0.500. The Labute approximate surface area is 194 Å². The molecule has 9 nitrogen and oxygen atoms in total. The van der Waals surface area contributed by atoms with E-state index in [0.29, 0.717) is 37.2 Å². The number of benzene rings is 1. The van der Waals surface area contributed by atoms with E-state index in [4.69, 9.17) is 19.3 Å². The molecular formula is C24H33N3O6. The highest BCUT2D eigenvalue weighted by molar-refractivity contribution is 5.79. The van der Waals surface area contributed by atoms with Gasteiger partial charge in [0.05, 0.1) is 12.6 Å². The van der Waals surface area contributed by atoms with E-state index >= 15 is 0 Å². The third-order valence-corrected chi connectivity index (χ3v) is 5.00. The second-order valence-corrected chi connectivity index (χ2v) is 9.59. The summed E-state index contributed by atoms with van der Waals surface area (Å²) in [6, 6.07) is 5.39. The highest BCUT2D eigenvalue weighted by atomic mass is 16.6. The predicted molar refractivity (Wildman–Crippen MR) is 124 cm³/mol. The van der Waals surface area contributed by atoms with Crippen molar-refractivity contribution in [3.8, 4) is 11.5 Å². The number of fused-ring (bicyclic) bond motifs is 2. The Bertz CT molecular complexity index is 948. The SMILES string of the molecule is CC(C)C[C@@H](COc1ccc2c(c1)OCC1=C2CN(NC(=O)O)C=C1)NC(=O)OC(C)(C)C. The van der Waals surface area contributed by atoms with Crippen molar-refractivity contribution in [2.24, 2.45) is 5.92 Å². The van der Waals surface area contributed by atoms with Crippen molar-refractivity contribution in [1.29, 1.82) is 0 Å². The molecule has 9 heteroatoms. The fourth-order valence-electron chi connectivity index (χ4n) is 3.72. The van der Waals surface area contributed by atoms with Gasteiger partial charge in [0.2, 0.25) is 0 Å². The number of carbonyl (C=O) groups is 2. The van der Waals surface area contributed by atoms with Gasteiger partial charge in [-0.15, -0.1) is 0 Å². The van der Waals surface area contributed by atoms with E-state index in [9.17, 15) is 9.59 Å². The van der Waals surface area contributed by atoms with Gasteiger partial charge in [0, 0.05) is 17.8 Å². The van der Waals surface area contributed by atoms with E-state index in [-0.39, 0.29) is 6.04 Å². The first-order valence-electron chi connectivity index (χ1n) is 11.1. The fourth-order valence-corrected chi connectivity index (χ4v) is 3.72. The average Bonchev–Trinajstić information content (AvgIpc) is 2.69. The number of nitrogens with one attached hydrogen (secondary N) is 2. The third kappa shape index (κ3) is 7.06. The molecule has 33 heavy (non-hydrogen) atoms. The van der Waals surface area contributed by atoms with Crippen molar-refractivity contribution in [3.05, 3.63) is 41.6 Å². The summed E-state index contributed by atoms with van der Waals surface area (Å²) in [6.45, 7) is 10.8. The quantitative estimate of drug-likeness (QED) is 0.562. The van der Waals surface area contributed by atoms with Crippen LogP contribution in [0.2, 0.25) is 0 Å². The molecule has 3 rings (SSSR count). The first-order chi connectivity index (χ1) is 15.5. The summed E-state index contributed by atoms with van der Waals surface area (Å²) >= 11 is 0. The summed E-state index contributed by atoms with van der Waals surface area (Å²) < 4.78 is 17.3. The first kappa shape index (κ1) is 24.3. The van der Waals surface area contributed by atoms with Crippen molar-refractivity contribution in [1.82, 2.24) is 15.8 Å². The number of carbonyl (C=O) groups excluding carboxylic acids is 1. The number of amides is 2. The summed E-state index contributed by atoms with van der Waals surface area (Å²) in [5, 5.41) is 13.4. The monoisotopic (exact) mass is 459 g/mol. The van der Waals surface area contributed by atoms with Gasteiger partial charge < -0.3 is 24.6 Å². The molecule has 0 unspecified atom stereocenters. The molecule has 0 bridgehead atoms. The number of ether oxygens (including phenoxy) is 3. The van der Waals surface area contributed by atoms with E-state index in [1.165, 1.54) is 5.01 Å². The molecule has 2 heterocycles. The van der Waals surface area contributed by atoms with E-state index in [1.807, 2.05) is 45.0 Å². The number of hydrogen-bond donors (Lipinski definition) is 3. The van der Waals surface area contributed by atoms with Crippen molar-refractivity contribution in [2.45, 2.75) is 52.7 Å². The van der Waals surface area contributed by atoms with Crippen LogP contribution in [0.25, 0.3) is 5.57 Å². The molecule has 180 valence electrons. The zero-order chi connectivity index (χ0) is 24.2. The molecule has 0 saturated carbocycles. The maximum atomic E-state index is 12.2. The van der Waals surface area contributed by atoms with Gasteiger partial charge >= 0.3 is 12.2 Å². The molecule has 0 aromatic heterocycles. The summed E-state index contributed by atoms with van der Waals surface area (Å²) in [5.41, 5.74) is 4.70. The second-order valence-electron chi connectivity index (χ2n) is 9.59. The van der Waals surface area contributed by atoms with Crippen LogP contribution in [-0.4, -0.2) is 53.7 Å². The van der Waals surface area contributed by atoms with Gasteiger partial charge in [0.25, 0.3) is 0 Å². The molecule has 1 aromatic carbocycles. The largest absolute Gasteiger partial charge is 0.491 e. The van der Waals surface area contributed by atoms with Crippen LogP contribution in [0.1, 0.15) is 46.6 Å². The predicted octanol–water partition coefficient (Wildman–Crippen LogP) is 4.16. The minimum Gasteiger partial charge on any atom is -0.491 e. The van der Waals surface area contributed by atoms with Crippen LogP contribution in [0.3, 0.4) is 0 Å². The average molecular weight is 460 g/mol. The molecule has 0 spiro atoms. The topological polar surface area (TPSA) is 109 Å². The number of hydrazine groups is 1. The molecule has 0 saturated heterocycles. The van der Waals surface area contributed by atoms with Gasteiger partial charge in [0.1, 0.15) is 30.3 Å². The summed E-state index contributed by atoms with van der Waals surface area (Å²) in [6.07, 6.45) is 2.70. The highest BCUT2D eigenvalue weighted by Crippen LogP contribution is 2.37. The molecule has 2 aliphatic rings. The Morgan fingerprint density at radius 3 is 2.70 bits per heavy atom. The minimum atomic E-state index is -1.12. The molecule has 2 amide bonds. The normalized spacial score (nSPS) is 15.9. The third-order valence-electron chi connectivity index (χ3n) is 5.00. The molecule has 1 atom stereocenters. The summed E-state index contributed by atoms with van der Waals surface area (Å²) in [7, 11) is 0. The lowest BCUT2D eigenvalue weighted by Crippen LogP contribution is -2.42. The lowest BCUT2D eigenvalue weighted by Gasteiger charge is -2.31. The molecular weight excluding hydrogens is 426 g/mol. The lowest BCUT2D eigenvalue weighted by molar-refractivity contribution is 0.0480. The number of nitrogens with zero attached hydrogens (tertiary/aromatic N) is 1. The van der Waals surface area contributed by atoms with Crippen LogP contribution in [0.15, 0.2) is 36.0 Å². The van der Waals surface area contributed by atoms with E-state index in [0.717, 1.165) is 23.1 Å². The van der Waals surface area contributed by atoms with Crippen molar-refractivity contribution in [3.63, 3.8) is 0 Å². The Hall–Kier alpha value is -3.36. The molecule has 3 N–H and O–H groups in total. The van der Waals surface area contributed by atoms with Crippen LogP contribution in [0.5, 0.6) is 11.5 Å². The number of alkyl carbamates (subject to hydrolysis) is 1. The number of rotatable bonds is 7. The molecule has 1 aromatic rings. The Kier molecular flexibility index (Phi) is 7.40.